The molecule has 1 aliphatic rings. The molecule has 1 aromatic heterocycles. The third-order valence-electron chi connectivity index (χ3n) is 5.68. The summed E-state index contributed by atoms with van der Waals surface area (Å²) in [5.74, 6) is 1.13. The maximum atomic E-state index is 12.4. The molecule has 1 aliphatic heterocycles. The van der Waals surface area contributed by atoms with Crippen molar-refractivity contribution in [2.45, 2.75) is 13.5 Å². The van der Waals surface area contributed by atoms with E-state index >= 15 is 0 Å². The molecule has 0 bridgehead atoms. The van der Waals surface area contributed by atoms with Gasteiger partial charge in [-0.25, -0.2) is 4.79 Å². The molecule has 1 fully saturated rings. The number of para-hydroxylation sites is 1. The monoisotopic (exact) mass is 464 g/mol. The van der Waals surface area contributed by atoms with Crippen molar-refractivity contribution in [3.63, 3.8) is 0 Å². The van der Waals surface area contributed by atoms with Crippen molar-refractivity contribution in [3.8, 4) is 11.5 Å². The number of amides is 1. The van der Waals surface area contributed by atoms with Crippen LogP contribution in [0.15, 0.2) is 60.9 Å². The van der Waals surface area contributed by atoms with Gasteiger partial charge in [-0.1, -0.05) is 24.3 Å². The van der Waals surface area contributed by atoms with E-state index in [0.717, 1.165) is 49.3 Å². The first-order valence-electron chi connectivity index (χ1n) is 11.6. The third kappa shape index (κ3) is 6.76. The number of likely N-dealkylation sites (N-methyl/N-ethyl adjacent to an activating group) is 1. The van der Waals surface area contributed by atoms with Gasteiger partial charge in [-0.3, -0.25) is 10.2 Å². The van der Waals surface area contributed by atoms with E-state index in [1.807, 2.05) is 25.1 Å². The number of carbonyl (C=O) groups excluding carboxylic acids is 1. The van der Waals surface area contributed by atoms with Gasteiger partial charge >= 0.3 is 6.09 Å². The molecule has 1 amide bonds. The molecule has 1 saturated heterocycles. The van der Waals surface area contributed by atoms with Crippen LogP contribution in [0.4, 0.5) is 10.5 Å². The molecule has 0 saturated carbocycles. The van der Waals surface area contributed by atoms with E-state index in [1.165, 1.54) is 0 Å². The Bertz CT molecular complexity index is 1090. The van der Waals surface area contributed by atoms with Crippen LogP contribution in [0, 0.1) is 0 Å². The van der Waals surface area contributed by atoms with Crippen LogP contribution >= 0.6 is 0 Å². The summed E-state index contributed by atoms with van der Waals surface area (Å²) in [6, 6.07) is 15.4. The Balaban J connectivity index is 1.34. The molecule has 8 nitrogen and oxygen atoms in total. The number of nitrogens with one attached hydrogen (secondary N) is 2. The number of aromatic nitrogens is 1. The lowest BCUT2D eigenvalue weighted by molar-refractivity contribution is 0.111. The fourth-order valence-corrected chi connectivity index (χ4v) is 3.81. The van der Waals surface area contributed by atoms with Crippen LogP contribution in [0.1, 0.15) is 12.6 Å². The minimum atomic E-state index is -0.501. The first kappa shape index (κ1) is 23.7. The highest BCUT2D eigenvalue weighted by atomic mass is 16.5. The number of benzene rings is 2. The van der Waals surface area contributed by atoms with Gasteiger partial charge in [-0.2, -0.15) is 0 Å². The molecule has 3 aromatic rings. The number of hydrogen-bond acceptors (Lipinski definition) is 6. The first-order chi connectivity index (χ1) is 16.6. The zero-order valence-electron chi connectivity index (χ0n) is 19.8. The van der Waals surface area contributed by atoms with Gasteiger partial charge in [-0.15, -0.1) is 0 Å². The highest BCUT2D eigenvalue weighted by molar-refractivity contribution is 5.85. The number of fused-ring (bicyclic) bond motifs is 1. The SMILES string of the molecule is C/C=C/Oc1cc(NC(=O)OCCN2CCN(C)CC2)cc(OCc2cc3ccccc3[nH]2)c1. The van der Waals surface area contributed by atoms with Crippen LogP contribution in [0.3, 0.4) is 0 Å². The van der Waals surface area contributed by atoms with Gasteiger partial charge in [0.05, 0.1) is 17.6 Å². The number of rotatable bonds is 9. The van der Waals surface area contributed by atoms with Crippen LogP contribution in [0.25, 0.3) is 10.9 Å². The van der Waals surface area contributed by atoms with E-state index in [-0.39, 0.29) is 0 Å². The Morgan fingerprint density at radius 3 is 2.68 bits per heavy atom. The Kier molecular flexibility index (Phi) is 8.06. The number of aromatic amines is 1. The summed E-state index contributed by atoms with van der Waals surface area (Å²) in [7, 11) is 2.12. The van der Waals surface area contributed by atoms with Gasteiger partial charge in [0.25, 0.3) is 0 Å². The van der Waals surface area contributed by atoms with Crippen LogP contribution < -0.4 is 14.8 Å². The second-order valence-corrected chi connectivity index (χ2v) is 8.36. The van der Waals surface area contributed by atoms with Crippen molar-refractivity contribution in [2.24, 2.45) is 0 Å². The lowest BCUT2D eigenvalue weighted by atomic mass is 10.2. The number of ether oxygens (including phenoxy) is 3. The van der Waals surface area contributed by atoms with Crippen LogP contribution in [0.5, 0.6) is 11.5 Å². The average Bonchev–Trinajstić information content (AvgIpc) is 3.26. The zero-order valence-corrected chi connectivity index (χ0v) is 19.8. The molecule has 0 spiro atoms. The quantitative estimate of drug-likeness (QED) is 0.456. The van der Waals surface area contributed by atoms with Crippen molar-refractivity contribution in [1.29, 1.82) is 0 Å². The Morgan fingerprint density at radius 1 is 1.09 bits per heavy atom. The van der Waals surface area contributed by atoms with Gasteiger partial charge in [-0.05, 0) is 31.5 Å². The molecule has 0 unspecified atom stereocenters. The van der Waals surface area contributed by atoms with Crippen LogP contribution in [0.2, 0.25) is 0 Å². The van der Waals surface area contributed by atoms with Crippen LogP contribution in [-0.2, 0) is 11.3 Å². The maximum Gasteiger partial charge on any atom is 0.411 e. The van der Waals surface area contributed by atoms with Crippen molar-refractivity contribution < 1.29 is 19.0 Å². The molecular weight excluding hydrogens is 432 g/mol. The molecular formula is C26H32N4O4. The molecule has 4 rings (SSSR count). The number of carbonyl (C=O) groups is 1. The number of allylic oxidation sites excluding steroid dienone is 1. The molecule has 180 valence electrons. The largest absolute Gasteiger partial charge is 0.487 e. The number of nitrogens with zero attached hydrogens (tertiary/aromatic N) is 2. The lowest BCUT2D eigenvalue weighted by Gasteiger charge is -2.31. The predicted octanol–water partition coefficient (Wildman–Crippen LogP) is 4.46. The van der Waals surface area contributed by atoms with E-state index < -0.39 is 6.09 Å². The Labute approximate surface area is 200 Å². The van der Waals surface area contributed by atoms with E-state index in [1.54, 1.807) is 30.5 Å². The standard InChI is InChI=1S/C26H32N4O4/c1-3-13-32-23-16-21(28-26(31)33-14-12-30-10-8-29(2)9-11-30)17-24(18-23)34-19-22-15-20-6-4-5-7-25(20)27-22/h3-7,13,15-18,27H,8-12,14,19H2,1-2H3,(H,28,31)/b13-3+. The Hall–Kier alpha value is -3.49. The van der Waals surface area contributed by atoms with Crippen molar-refractivity contribution >= 4 is 22.7 Å². The first-order valence-corrected chi connectivity index (χ1v) is 11.6. The summed E-state index contributed by atoms with van der Waals surface area (Å²) in [6.45, 7) is 7.34. The summed E-state index contributed by atoms with van der Waals surface area (Å²) < 4.78 is 17.0. The molecule has 2 aromatic carbocycles. The van der Waals surface area contributed by atoms with Gasteiger partial charge in [0.2, 0.25) is 0 Å². The van der Waals surface area contributed by atoms with Crippen molar-refractivity contribution in [3.05, 3.63) is 66.6 Å². The van der Waals surface area contributed by atoms with Crippen LogP contribution in [-0.4, -0.2) is 67.3 Å². The predicted molar refractivity (Wildman–Crippen MR) is 133 cm³/mol. The van der Waals surface area contributed by atoms with Gasteiger partial charge in [0.15, 0.2) is 0 Å². The molecule has 2 N–H and O–H groups in total. The molecule has 0 radical (unpaired) electrons. The highest BCUT2D eigenvalue weighted by Gasteiger charge is 2.14. The molecule has 0 atom stereocenters. The molecule has 8 heteroatoms. The van der Waals surface area contributed by atoms with E-state index in [9.17, 15) is 4.79 Å². The van der Waals surface area contributed by atoms with Crippen molar-refractivity contribution in [1.82, 2.24) is 14.8 Å². The third-order valence-corrected chi connectivity index (χ3v) is 5.68. The second kappa shape index (κ2) is 11.6. The maximum absolute atomic E-state index is 12.4. The minimum Gasteiger partial charge on any atom is -0.487 e. The summed E-state index contributed by atoms with van der Waals surface area (Å²) >= 11 is 0. The summed E-state index contributed by atoms with van der Waals surface area (Å²) in [5.41, 5.74) is 2.56. The molecule has 0 aliphatic carbocycles. The minimum absolute atomic E-state index is 0.341. The lowest BCUT2D eigenvalue weighted by Crippen LogP contribution is -2.45. The average molecular weight is 465 g/mol. The zero-order chi connectivity index (χ0) is 23.8. The number of hydrogen-bond donors (Lipinski definition) is 2. The van der Waals surface area contributed by atoms with E-state index in [2.05, 4.69) is 39.3 Å². The van der Waals surface area contributed by atoms with Gasteiger partial charge < -0.3 is 24.1 Å². The number of piperazine rings is 1. The van der Waals surface area contributed by atoms with E-state index in [4.69, 9.17) is 14.2 Å². The molecule has 34 heavy (non-hydrogen) atoms. The van der Waals surface area contributed by atoms with Gasteiger partial charge in [0, 0.05) is 56.4 Å². The summed E-state index contributed by atoms with van der Waals surface area (Å²) in [4.78, 5) is 20.3. The summed E-state index contributed by atoms with van der Waals surface area (Å²) in [5, 5.41) is 3.92. The fourth-order valence-electron chi connectivity index (χ4n) is 3.81. The topological polar surface area (TPSA) is 79.1 Å². The highest BCUT2D eigenvalue weighted by Crippen LogP contribution is 2.28. The number of anilines is 1. The molecule has 2 heterocycles. The van der Waals surface area contributed by atoms with Gasteiger partial charge in [0.1, 0.15) is 24.7 Å². The Morgan fingerprint density at radius 2 is 1.88 bits per heavy atom. The van der Waals surface area contributed by atoms with E-state index in [0.29, 0.717) is 30.4 Å². The second-order valence-electron chi connectivity index (χ2n) is 8.36. The fraction of sp³-hybridized carbons (Fsp3) is 0.346. The number of H-pyrrole nitrogens is 1. The summed E-state index contributed by atoms with van der Waals surface area (Å²) in [6.07, 6.45) is 2.87. The smallest absolute Gasteiger partial charge is 0.411 e. The van der Waals surface area contributed by atoms with Crippen molar-refractivity contribution in [2.75, 3.05) is 51.7 Å². The normalized spacial score (nSPS) is 15.0.